The van der Waals surface area contributed by atoms with E-state index in [1.54, 1.807) is 141 Å². The predicted octanol–water partition coefficient (Wildman–Crippen LogP) is 11.9. The van der Waals surface area contributed by atoms with Crippen molar-refractivity contribution in [2.24, 2.45) is 0 Å². The number of nitrogens with zero attached hydrogens (tertiary/aromatic N) is 5. The number of hydrogen-bond acceptors (Lipinski definition) is 18. The number of amides is 5. The van der Waals surface area contributed by atoms with Gasteiger partial charge < -0.3 is 60.2 Å². The maximum absolute atomic E-state index is 12.2. The summed E-state index contributed by atoms with van der Waals surface area (Å²) in [5.74, 6) is 1.25. The van der Waals surface area contributed by atoms with Crippen LogP contribution in [0.3, 0.4) is 0 Å². The Morgan fingerprint density at radius 2 is 0.950 bits per heavy atom. The molecule has 0 aliphatic carbocycles. The van der Waals surface area contributed by atoms with Gasteiger partial charge >= 0.3 is 5.69 Å². The first-order chi connectivity index (χ1) is 49.1. The van der Waals surface area contributed by atoms with E-state index in [1.807, 2.05) is 102 Å². The van der Waals surface area contributed by atoms with Crippen LogP contribution in [0.25, 0.3) is 0 Å². The molecule has 8 N–H and O–H groups in total. The average Bonchev–Trinajstić information content (AvgIpc) is 0.933. The number of nitrogens with one attached hydrogen (secondary N) is 7. The number of carbonyl (C=O) groups excluding carboxylic acids is 5. The van der Waals surface area contributed by atoms with Gasteiger partial charge in [-0.3, -0.25) is 53.7 Å². The molecule has 1 aliphatic heterocycles. The SMILES string of the molecule is Cc1[nH]c(=S)sc1CC(=O)Nc1cccc(OCc2cccnc2)c1.O=C(CCC(=O)N1CCCC1)Nc1cccc(OCc2cccnc2)c1.O=C(Nc1cccc(OCc2cccnc2)c1)C(O)c1ccccc1.O=C(Nc1cccc(OCc2cccnc2)c1)c1cc(=O)[nH]c(=O)[nH]1. The Hall–Kier alpha value is -12.3. The molecule has 1 atom stereocenters. The molecule has 1 fully saturated rings. The molecule has 1 aliphatic rings. The van der Waals surface area contributed by atoms with Crippen LogP contribution in [-0.2, 0) is 52.0 Å². The molecule has 26 heteroatoms. The van der Waals surface area contributed by atoms with Gasteiger partial charge in [-0.2, -0.15) is 0 Å². The van der Waals surface area contributed by atoms with E-state index in [0.29, 0.717) is 88.1 Å². The second-order valence-electron chi connectivity index (χ2n) is 22.4. The van der Waals surface area contributed by atoms with Crippen LogP contribution >= 0.6 is 23.6 Å². The normalized spacial score (nSPS) is 11.4. The molecule has 0 saturated carbocycles. The van der Waals surface area contributed by atoms with Crippen LogP contribution in [0.4, 0.5) is 22.7 Å². The smallest absolute Gasteiger partial charge is 0.326 e. The Morgan fingerprint density at radius 3 is 1.37 bits per heavy atom. The van der Waals surface area contributed by atoms with Crippen molar-refractivity contribution in [2.45, 2.75) is 71.6 Å². The Morgan fingerprint density at radius 1 is 0.515 bits per heavy atom. The molecule has 0 bridgehead atoms. The molecular weight excluding hydrogens is 1330 g/mol. The third-order valence-corrected chi connectivity index (χ3v) is 15.9. The monoisotopic (exact) mass is 1400 g/mol. The number of likely N-dealkylation sites (tertiary alicyclic amines) is 1. The number of hydrogen-bond donors (Lipinski definition) is 8. The lowest BCUT2D eigenvalue weighted by Crippen LogP contribution is -2.28. The van der Waals surface area contributed by atoms with Gasteiger partial charge in [-0.15, -0.1) is 11.3 Å². The Balaban J connectivity index is 0.000000157. The van der Waals surface area contributed by atoms with Crippen LogP contribution < -0.4 is 51.5 Å². The van der Waals surface area contributed by atoms with Crippen LogP contribution in [-0.4, -0.2) is 87.5 Å². The molecule has 7 heterocycles. The number of ether oxygens (including phenoxy) is 4. The van der Waals surface area contributed by atoms with Crippen molar-refractivity contribution in [1.82, 2.24) is 39.8 Å². The number of thiazole rings is 1. The van der Waals surface area contributed by atoms with Crippen molar-refractivity contribution in [3.8, 4) is 23.0 Å². The second kappa shape index (κ2) is 38.6. The fourth-order valence-electron chi connectivity index (χ4n) is 9.57. The Labute approximate surface area is 589 Å². The van der Waals surface area contributed by atoms with Crippen LogP contribution in [0.15, 0.2) is 241 Å². The number of aliphatic hydroxyl groups is 1. The molecule has 5 amide bonds. The van der Waals surface area contributed by atoms with Gasteiger partial charge in [0.25, 0.3) is 17.4 Å². The van der Waals surface area contributed by atoms with E-state index in [-0.39, 0.29) is 36.3 Å². The van der Waals surface area contributed by atoms with E-state index in [2.05, 4.69) is 51.2 Å². The Kier molecular flexibility index (Phi) is 27.9. The fraction of sp³-hybridized carbons (Fsp3) is 0.173. The summed E-state index contributed by atoms with van der Waals surface area (Å²) in [6.07, 6.45) is 15.4. The lowest BCUT2D eigenvalue weighted by atomic mass is 10.1. The Bertz CT molecular complexity index is 4630. The van der Waals surface area contributed by atoms with E-state index in [1.165, 1.54) is 11.3 Å². The maximum Gasteiger partial charge on any atom is 0.326 e. The van der Waals surface area contributed by atoms with Crippen molar-refractivity contribution >= 4 is 75.8 Å². The number of benzene rings is 5. The minimum absolute atomic E-state index is 0.0613. The minimum Gasteiger partial charge on any atom is -0.489 e. The lowest BCUT2D eigenvalue weighted by molar-refractivity contribution is -0.131. The van der Waals surface area contributed by atoms with E-state index in [4.69, 9.17) is 31.2 Å². The number of pyridine rings is 4. The molecule has 6 aromatic heterocycles. The molecule has 1 unspecified atom stereocenters. The van der Waals surface area contributed by atoms with Gasteiger partial charge in [0.05, 0.1) is 6.42 Å². The standard InChI is InChI=1S/C20H23N3O3.C20H18N2O3.C18H17N3O2S2.C17H14N4O4/c24-19(8-9-20(25)23-11-1-2-12-23)22-17-6-3-7-18(13-17)26-15-16-5-4-10-21-14-16;23-19(16-7-2-1-3-8-16)20(24)22-17-9-4-10-18(12-17)25-14-15-6-5-11-21-13-15;1-12-16(25-18(24)20-12)9-17(22)21-14-5-2-6-15(8-14)23-11-13-4-3-7-19-10-13;22-15-8-14(20-17(24)21-15)16(23)19-12-4-1-5-13(7-12)25-10-11-3-2-6-18-9-11/h3-7,10,13-14H,1-2,8-9,11-12,15H2,(H,22,24);1-13,19,23H,14H2,(H,22,24);2-8,10H,9,11H2,1H3,(H,20,24)(H,21,22);1-9H,10H2,(H,19,23)(H2,20,21,22,24). The van der Waals surface area contributed by atoms with Crippen molar-refractivity contribution in [3.63, 3.8) is 0 Å². The molecule has 11 aromatic rings. The molecule has 5 aromatic carbocycles. The molecule has 12 rings (SSSR count). The fourth-order valence-corrected chi connectivity index (χ4v) is 10.9. The summed E-state index contributed by atoms with van der Waals surface area (Å²) in [7, 11) is 0. The summed E-state index contributed by atoms with van der Waals surface area (Å²) in [4.78, 5) is 109. The molecule has 24 nitrogen and oxygen atoms in total. The number of H-pyrrole nitrogens is 3. The highest BCUT2D eigenvalue weighted by molar-refractivity contribution is 7.73. The number of rotatable bonds is 24. The second-order valence-corrected chi connectivity index (χ2v) is 24.2. The third kappa shape index (κ3) is 25.3. The largest absolute Gasteiger partial charge is 0.489 e. The molecule has 101 heavy (non-hydrogen) atoms. The summed E-state index contributed by atoms with van der Waals surface area (Å²) in [6.45, 7) is 5.12. The first kappa shape index (κ1) is 73.0. The molecule has 516 valence electrons. The molecule has 1 saturated heterocycles. The van der Waals surface area contributed by atoms with Crippen LogP contribution in [0, 0.1) is 10.9 Å². The highest BCUT2D eigenvalue weighted by Gasteiger charge is 2.20. The highest BCUT2D eigenvalue weighted by Crippen LogP contribution is 2.25. The van der Waals surface area contributed by atoms with Crippen LogP contribution in [0.2, 0.25) is 0 Å². The number of aromatic nitrogens is 7. The number of carbonyl (C=O) groups is 5. The van der Waals surface area contributed by atoms with Gasteiger partial charge in [0.2, 0.25) is 17.7 Å². The summed E-state index contributed by atoms with van der Waals surface area (Å²) in [6, 6.07) is 53.3. The first-order valence-electron chi connectivity index (χ1n) is 31.8. The van der Waals surface area contributed by atoms with Gasteiger partial charge in [0.1, 0.15) is 55.1 Å². The summed E-state index contributed by atoms with van der Waals surface area (Å²) in [5, 5.41) is 21.1. The average molecular weight is 1400 g/mol. The van der Waals surface area contributed by atoms with Crippen molar-refractivity contribution in [1.29, 1.82) is 0 Å². The summed E-state index contributed by atoms with van der Waals surface area (Å²) < 4.78 is 23.5. The zero-order valence-corrected chi connectivity index (χ0v) is 56.4. The van der Waals surface area contributed by atoms with Crippen molar-refractivity contribution in [2.75, 3.05) is 34.4 Å². The van der Waals surface area contributed by atoms with Gasteiger partial charge in [-0.05, 0) is 110 Å². The van der Waals surface area contributed by atoms with Gasteiger partial charge in [0.15, 0.2) is 10.1 Å². The number of aromatic amines is 3. The number of aryl methyl sites for hydroxylation is 1. The molecule has 0 radical (unpaired) electrons. The maximum atomic E-state index is 12.2. The first-order valence-corrected chi connectivity index (χ1v) is 33.1. The highest BCUT2D eigenvalue weighted by atomic mass is 32.1. The summed E-state index contributed by atoms with van der Waals surface area (Å²) >= 11 is 6.53. The molecular formula is C75H72N12O12S2. The number of anilines is 4. The van der Waals surface area contributed by atoms with Crippen molar-refractivity contribution in [3.05, 3.63) is 300 Å². The van der Waals surface area contributed by atoms with Crippen molar-refractivity contribution < 1.29 is 48.0 Å². The van der Waals surface area contributed by atoms with Gasteiger partial charge in [-0.25, -0.2) is 4.79 Å². The summed E-state index contributed by atoms with van der Waals surface area (Å²) in [5.41, 5.74) is 6.18. The minimum atomic E-state index is -1.22. The van der Waals surface area contributed by atoms with E-state index >= 15 is 0 Å². The van der Waals surface area contributed by atoms with Crippen LogP contribution in [0.5, 0.6) is 23.0 Å². The zero-order valence-electron chi connectivity index (χ0n) is 54.8. The topological polar surface area (TPSA) is 327 Å². The predicted molar refractivity (Wildman–Crippen MR) is 386 cm³/mol. The zero-order chi connectivity index (χ0) is 71.0. The lowest BCUT2D eigenvalue weighted by Gasteiger charge is -2.14. The quantitative estimate of drug-likeness (QED) is 0.0261. The van der Waals surface area contributed by atoms with Gasteiger partial charge in [0, 0.05) is 161 Å². The van der Waals surface area contributed by atoms with E-state index < -0.39 is 29.2 Å². The number of aliphatic hydroxyl groups excluding tert-OH is 1. The molecule has 0 spiro atoms. The van der Waals surface area contributed by atoms with Gasteiger partial charge in [-0.1, -0.05) is 78.9 Å². The van der Waals surface area contributed by atoms with Crippen LogP contribution in [0.1, 0.15) is 80.7 Å². The van der Waals surface area contributed by atoms with E-state index in [0.717, 1.165) is 64.8 Å². The van der Waals surface area contributed by atoms with E-state index in [9.17, 15) is 38.7 Å². The third-order valence-electron chi connectivity index (χ3n) is 14.6.